The zero-order chi connectivity index (χ0) is 24.8. The molecule has 0 aromatic carbocycles. The molecule has 0 aromatic heterocycles. The maximum absolute atomic E-state index is 3.71. The fourth-order valence-corrected chi connectivity index (χ4v) is 6.27. The van der Waals surface area contributed by atoms with E-state index in [0.717, 1.165) is 19.3 Å². The zero-order valence-electron chi connectivity index (χ0n) is 23.3. The van der Waals surface area contributed by atoms with Crippen LogP contribution in [0.3, 0.4) is 0 Å². The van der Waals surface area contributed by atoms with Crippen molar-refractivity contribution in [1.82, 2.24) is 5.32 Å². The number of nitrogens with one attached hydrogen (secondary N) is 1. The highest BCUT2D eigenvalue weighted by molar-refractivity contribution is 5.56. The average molecular weight is 450 g/mol. The molecule has 4 atom stereocenters. The zero-order valence-corrected chi connectivity index (χ0v) is 23.3. The van der Waals surface area contributed by atoms with E-state index in [-0.39, 0.29) is 16.9 Å². The monoisotopic (exact) mass is 449 g/mol. The Labute approximate surface area is 205 Å². The lowest BCUT2D eigenvalue weighted by Gasteiger charge is -2.51. The van der Waals surface area contributed by atoms with E-state index < -0.39 is 0 Å². The van der Waals surface area contributed by atoms with Gasteiger partial charge in [-0.1, -0.05) is 109 Å². The Kier molecular flexibility index (Phi) is 9.80. The van der Waals surface area contributed by atoms with E-state index in [1.165, 1.54) is 29.6 Å². The largest absolute Gasteiger partial charge is 0.310 e. The molecule has 2 aliphatic carbocycles. The molecule has 0 aliphatic heterocycles. The van der Waals surface area contributed by atoms with E-state index in [0.29, 0.717) is 11.8 Å². The molecule has 1 N–H and O–H groups in total. The molecule has 0 aromatic rings. The van der Waals surface area contributed by atoms with Gasteiger partial charge in [0.25, 0.3) is 0 Å². The van der Waals surface area contributed by atoms with Gasteiger partial charge in [-0.05, 0) is 80.5 Å². The fourth-order valence-electron chi connectivity index (χ4n) is 6.27. The first-order valence-electron chi connectivity index (χ1n) is 13.5. The van der Waals surface area contributed by atoms with Gasteiger partial charge in [0.05, 0.1) is 0 Å². The highest BCUT2D eigenvalue weighted by atomic mass is 14.9. The molecule has 1 nitrogen and oxygen atoms in total. The first-order valence-corrected chi connectivity index (χ1v) is 13.5. The molecule has 0 fully saturated rings. The van der Waals surface area contributed by atoms with Crippen LogP contribution in [-0.4, -0.2) is 13.1 Å². The van der Waals surface area contributed by atoms with Crippen LogP contribution < -0.4 is 5.32 Å². The highest BCUT2D eigenvalue weighted by Crippen LogP contribution is 2.56. The highest BCUT2D eigenvalue weighted by Gasteiger charge is 2.47. The Balaban J connectivity index is 2.70. The summed E-state index contributed by atoms with van der Waals surface area (Å²) in [5.41, 5.74) is 7.71. The SMILES string of the molecule is CCC=CC(CC)(C(C)CC)C1CC=C(C)C2=C1C(NC)C=C(/C=C\C=C(/C)CC)C2(C)C. The van der Waals surface area contributed by atoms with Crippen molar-refractivity contribution >= 4 is 0 Å². The van der Waals surface area contributed by atoms with Crippen molar-refractivity contribution in [3.05, 3.63) is 70.4 Å². The molecule has 33 heavy (non-hydrogen) atoms. The summed E-state index contributed by atoms with van der Waals surface area (Å²) < 4.78 is 0. The van der Waals surface area contributed by atoms with Crippen molar-refractivity contribution in [1.29, 1.82) is 0 Å². The Morgan fingerprint density at radius 2 is 1.94 bits per heavy atom. The Bertz CT molecular complexity index is 857. The van der Waals surface area contributed by atoms with E-state index >= 15 is 0 Å². The van der Waals surface area contributed by atoms with Gasteiger partial charge in [0, 0.05) is 11.5 Å². The summed E-state index contributed by atoms with van der Waals surface area (Å²) >= 11 is 0. The van der Waals surface area contributed by atoms with E-state index in [4.69, 9.17) is 0 Å². The van der Waals surface area contributed by atoms with Crippen LogP contribution in [0.2, 0.25) is 0 Å². The lowest BCUT2D eigenvalue weighted by atomic mass is 9.54. The molecule has 0 heterocycles. The van der Waals surface area contributed by atoms with Crippen molar-refractivity contribution in [2.24, 2.45) is 22.7 Å². The Morgan fingerprint density at radius 3 is 2.48 bits per heavy atom. The topological polar surface area (TPSA) is 12.0 Å². The Hall–Kier alpha value is -1.60. The average Bonchev–Trinajstić information content (AvgIpc) is 2.81. The second-order valence-electron chi connectivity index (χ2n) is 10.8. The minimum Gasteiger partial charge on any atom is -0.310 e. The quantitative estimate of drug-likeness (QED) is 0.259. The molecule has 0 radical (unpaired) electrons. The van der Waals surface area contributed by atoms with Gasteiger partial charge < -0.3 is 5.32 Å². The first-order chi connectivity index (χ1) is 15.6. The van der Waals surface area contributed by atoms with Crippen LogP contribution in [0.5, 0.6) is 0 Å². The fraction of sp³-hybridized carbons (Fsp3) is 0.625. The maximum atomic E-state index is 3.71. The predicted octanol–water partition coefficient (Wildman–Crippen LogP) is 9.12. The summed E-state index contributed by atoms with van der Waals surface area (Å²) in [5, 5.41) is 3.71. The summed E-state index contributed by atoms with van der Waals surface area (Å²) in [7, 11) is 2.13. The first kappa shape index (κ1) is 27.6. The number of likely N-dealkylation sites (N-methyl/N-ethyl adjacent to an activating group) is 1. The molecular weight excluding hydrogens is 398 g/mol. The molecule has 0 saturated carbocycles. The van der Waals surface area contributed by atoms with Crippen LogP contribution in [0.15, 0.2) is 70.4 Å². The maximum Gasteiger partial charge on any atom is 0.0478 e. The van der Waals surface area contributed by atoms with Gasteiger partial charge in [-0.25, -0.2) is 0 Å². The Morgan fingerprint density at radius 1 is 1.24 bits per heavy atom. The van der Waals surface area contributed by atoms with E-state index in [1.54, 1.807) is 11.1 Å². The summed E-state index contributed by atoms with van der Waals surface area (Å²) in [4.78, 5) is 0. The molecule has 184 valence electrons. The van der Waals surface area contributed by atoms with Crippen LogP contribution >= 0.6 is 0 Å². The third kappa shape index (κ3) is 5.40. The van der Waals surface area contributed by atoms with Gasteiger partial charge in [-0.2, -0.15) is 0 Å². The predicted molar refractivity (Wildman–Crippen MR) is 148 cm³/mol. The third-order valence-corrected chi connectivity index (χ3v) is 8.73. The molecule has 0 saturated heterocycles. The van der Waals surface area contributed by atoms with Gasteiger partial charge in [-0.15, -0.1) is 0 Å². The van der Waals surface area contributed by atoms with E-state index in [9.17, 15) is 0 Å². The molecule has 4 unspecified atom stereocenters. The standard InChI is InChI=1S/C32H51N/c1-11-15-21-32(14-4,25(7)13-3)27-20-19-24(6)30-29(27)28(33-10)22-26(31(30,8)9)18-16-17-23(5)12-2/h15-19,21-22,25,27-28,33H,11-14,20H2,1-10H3/b18-16-,21-15?,23-17+. The molecule has 2 aliphatic rings. The summed E-state index contributed by atoms with van der Waals surface area (Å²) in [6, 6.07) is 0.280. The molecule has 0 amide bonds. The van der Waals surface area contributed by atoms with Crippen LogP contribution in [-0.2, 0) is 0 Å². The van der Waals surface area contributed by atoms with Crippen LogP contribution in [0.1, 0.15) is 94.4 Å². The van der Waals surface area contributed by atoms with Crippen molar-refractivity contribution in [3.8, 4) is 0 Å². The molecule has 2 rings (SSSR count). The number of allylic oxidation sites excluding steroid dienone is 10. The van der Waals surface area contributed by atoms with Gasteiger partial charge in [0.1, 0.15) is 0 Å². The van der Waals surface area contributed by atoms with Crippen LogP contribution in [0, 0.1) is 22.7 Å². The van der Waals surface area contributed by atoms with Gasteiger partial charge in [0.15, 0.2) is 0 Å². The van der Waals surface area contributed by atoms with E-state index in [1.807, 2.05) is 0 Å². The van der Waals surface area contributed by atoms with Crippen LogP contribution in [0.4, 0.5) is 0 Å². The van der Waals surface area contributed by atoms with Gasteiger partial charge in [-0.3, -0.25) is 0 Å². The van der Waals surface area contributed by atoms with Crippen LogP contribution in [0.25, 0.3) is 0 Å². The number of hydrogen-bond donors (Lipinski definition) is 1. The third-order valence-electron chi connectivity index (χ3n) is 8.73. The normalized spacial score (nSPS) is 26.3. The van der Waals surface area contributed by atoms with Crippen molar-refractivity contribution in [3.63, 3.8) is 0 Å². The lowest BCUT2D eigenvalue weighted by Crippen LogP contribution is -2.45. The second-order valence-corrected chi connectivity index (χ2v) is 10.8. The lowest BCUT2D eigenvalue weighted by molar-refractivity contribution is 0.145. The minimum absolute atomic E-state index is 0.00417. The molecule has 0 spiro atoms. The molecule has 0 bridgehead atoms. The minimum atomic E-state index is -0.00417. The molecule has 1 heteroatoms. The van der Waals surface area contributed by atoms with Gasteiger partial charge in [0.2, 0.25) is 0 Å². The van der Waals surface area contributed by atoms with Crippen molar-refractivity contribution in [2.75, 3.05) is 7.05 Å². The van der Waals surface area contributed by atoms with E-state index in [2.05, 4.69) is 117 Å². The number of hydrogen-bond acceptors (Lipinski definition) is 1. The van der Waals surface area contributed by atoms with Gasteiger partial charge >= 0.3 is 0 Å². The van der Waals surface area contributed by atoms with Crippen molar-refractivity contribution in [2.45, 2.75) is 100 Å². The smallest absolute Gasteiger partial charge is 0.0478 e. The second kappa shape index (κ2) is 11.7. The van der Waals surface area contributed by atoms with Crippen molar-refractivity contribution < 1.29 is 0 Å². The molecular formula is C32H51N. The number of rotatable bonds is 10. The summed E-state index contributed by atoms with van der Waals surface area (Å²) in [6.07, 6.45) is 22.7. The summed E-state index contributed by atoms with van der Waals surface area (Å²) in [5.74, 6) is 1.17. The summed E-state index contributed by atoms with van der Waals surface area (Å²) in [6.45, 7) is 21.1.